The van der Waals surface area contributed by atoms with Crippen molar-refractivity contribution in [2.24, 2.45) is 0 Å². The predicted octanol–water partition coefficient (Wildman–Crippen LogP) is 0.416. The lowest BCUT2D eigenvalue weighted by Crippen LogP contribution is -2.32. The standard InChI is InChI=1S/C14H13N7O2/c1-9-12(22)16-14(19-17-9)20-18-13(23)10-3-2-4-11(7-10)21-6-5-15-8-21/h2-8H,1H3,(H,18,23)(H2,16,19,20,22). The molecule has 0 saturated carbocycles. The van der Waals surface area contributed by atoms with Gasteiger partial charge in [0.25, 0.3) is 11.5 Å². The molecule has 0 aliphatic carbocycles. The Morgan fingerprint density at radius 1 is 1.30 bits per heavy atom. The lowest BCUT2D eigenvalue weighted by atomic mass is 10.2. The molecule has 3 rings (SSSR count). The van der Waals surface area contributed by atoms with Crippen LogP contribution in [0.2, 0.25) is 0 Å². The van der Waals surface area contributed by atoms with Crippen LogP contribution >= 0.6 is 0 Å². The number of aryl methyl sites for hydroxylation is 1. The number of aromatic nitrogens is 5. The van der Waals surface area contributed by atoms with Crippen LogP contribution in [0, 0.1) is 6.92 Å². The Morgan fingerprint density at radius 2 is 2.17 bits per heavy atom. The van der Waals surface area contributed by atoms with Gasteiger partial charge in [0.15, 0.2) is 0 Å². The number of hydrogen-bond donors (Lipinski definition) is 3. The predicted molar refractivity (Wildman–Crippen MR) is 82.0 cm³/mol. The largest absolute Gasteiger partial charge is 0.306 e. The van der Waals surface area contributed by atoms with Crippen molar-refractivity contribution in [1.29, 1.82) is 0 Å². The van der Waals surface area contributed by atoms with E-state index in [9.17, 15) is 9.59 Å². The summed E-state index contributed by atoms with van der Waals surface area (Å²) in [6.07, 6.45) is 5.07. The third-order valence-electron chi connectivity index (χ3n) is 3.07. The number of nitrogens with one attached hydrogen (secondary N) is 3. The Morgan fingerprint density at radius 3 is 2.91 bits per heavy atom. The molecule has 0 bridgehead atoms. The van der Waals surface area contributed by atoms with E-state index in [-0.39, 0.29) is 23.1 Å². The third kappa shape index (κ3) is 3.23. The van der Waals surface area contributed by atoms with E-state index >= 15 is 0 Å². The topological polar surface area (TPSA) is 118 Å². The summed E-state index contributed by atoms with van der Waals surface area (Å²) < 4.78 is 1.78. The first-order valence-electron chi connectivity index (χ1n) is 6.72. The highest BCUT2D eigenvalue weighted by Crippen LogP contribution is 2.10. The van der Waals surface area contributed by atoms with Crippen molar-refractivity contribution in [3.63, 3.8) is 0 Å². The summed E-state index contributed by atoms with van der Waals surface area (Å²) in [6.45, 7) is 1.54. The molecule has 3 aromatic rings. The van der Waals surface area contributed by atoms with Crippen LogP contribution in [0.1, 0.15) is 16.1 Å². The van der Waals surface area contributed by atoms with Crippen LogP contribution in [0.25, 0.3) is 5.69 Å². The van der Waals surface area contributed by atoms with E-state index in [1.54, 1.807) is 41.5 Å². The fourth-order valence-electron chi connectivity index (χ4n) is 1.86. The molecule has 1 aromatic carbocycles. The highest BCUT2D eigenvalue weighted by atomic mass is 16.2. The minimum Gasteiger partial charge on any atom is -0.306 e. The molecule has 116 valence electrons. The molecule has 3 N–H and O–H groups in total. The molecule has 0 fully saturated rings. The zero-order valence-corrected chi connectivity index (χ0v) is 12.1. The van der Waals surface area contributed by atoms with E-state index in [0.29, 0.717) is 5.56 Å². The fourth-order valence-corrected chi connectivity index (χ4v) is 1.86. The normalized spacial score (nSPS) is 10.3. The summed E-state index contributed by atoms with van der Waals surface area (Å²) >= 11 is 0. The van der Waals surface area contributed by atoms with E-state index < -0.39 is 0 Å². The van der Waals surface area contributed by atoms with Crippen molar-refractivity contribution >= 4 is 11.9 Å². The molecule has 2 aromatic heterocycles. The van der Waals surface area contributed by atoms with Gasteiger partial charge in [0.05, 0.1) is 6.33 Å². The average Bonchev–Trinajstić information content (AvgIpc) is 3.10. The number of carbonyl (C=O) groups excluding carboxylic acids is 1. The van der Waals surface area contributed by atoms with Gasteiger partial charge in [-0.15, -0.1) is 10.2 Å². The summed E-state index contributed by atoms with van der Waals surface area (Å²) in [5, 5.41) is 7.38. The van der Waals surface area contributed by atoms with E-state index in [1.807, 2.05) is 6.07 Å². The van der Waals surface area contributed by atoms with Crippen molar-refractivity contribution in [1.82, 2.24) is 30.2 Å². The number of hydrazine groups is 1. The molecule has 0 radical (unpaired) electrons. The Kier molecular flexibility index (Phi) is 3.83. The summed E-state index contributed by atoms with van der Waals surface area (Å²) in [5.74, 6) is -0.324. The van der Waals surface area contributed by atoms with Gasteiger partial charge in [0.2, 0.25) is 5.95 Å². The van der Waals surface area contributed by atoms with Crippen molar-refractivity contribution in [2.75, 3.05) is 5.43 Å². The number of amides is 1. The number of nitrogens with zero attached hydrogens (tertiary/aromatic N) is 4. The zero-order valence-electron chi connectivity index (χ0n) is 12.1. The van der Waals surface area contributed by atoms with Crippen LogP contribution in [0.4, 0.5) is 5.95 Å². The van der Waals surface area contributed by atoms with Crippen LogP contribution in [0.15, 0.2) is 47.8 Å². The Hall–Kier alpha value is -3.49. The van der Waals surface area contributed by atoms with Gasteiger partial charge in [-0.05, 0) is 25.1 Å². The number of carbonyl (C=O) groups is 1. The second kappa shape index (κ2) is 6.10. The lowest BCUT2D eigenvalue weighted by Gasteiger charge is -2.08. The Balaban J connectivity index is 1.72. The van der Waals surface area contributed by atoms with Crippen molar-refractivity contribution < 1.29 is 4.79 Å². The summed E-state index contributed by atoms with van der Waals surface area (Å²) in [6, 6.07) is 7.00. The first-order valence-corrected chi connectivity index (χ1v) is 6.72. The minimum absolute atomic E-state index is 0.0553. The number of aromatic amines is 1. The van der Waals surface area contributed by atoms with Gasteiger partial charge in [0.1, 0.15) is 5.69 Å². The first-order chi connectivity index (χ1) is 11.1. The van der Waals surface area contributed by atoms with Crippen LogP contribution in [-0.2, 0) is 0 Å². The van der Waals surface area contributed by atoms with E-state index in [2.05, 4.69) is 31.0 Å². The molecule has 1 amide bonds. The highest BCUT2D eigenvalue weighted by Gasteiger charge is 2.07. The molecule has 0 aliphatic heterocycles. The number of anilines is 1. The van der Waals surface area contributed by atoms with Gasteiger partial charge in [0, 0.05) is 23.6 Å². The minimum atomic E-state index is -0.379. The van der Waals surface area contributed by atoms with E-state index in [1.165, 1.54) is 6.92 Å². The molecule has 0 unspecified atom stereocenters. The van der Waals surface area contributed by atoms with Gasteiger partial charge in [-0.25, -0.2) is 4.98 Å². The number of benzene rings is 1. The fraction of sp³-hybridized carbons (Fsp3) is 0.0714. The summed E-state index contributed by atoms with van der Waals surface area (Å²) in [4.78, 5) is 30.0. The molecular weight excluding hydrogens is 298 g/mol. The van der Waals surface area contributed by atoms with Crippen LogP contribution < -0.4 is 16.4 Å². The second-order valence-electron chi connectivity index (χ2n) is 4.69. The molecule has 0 saturated heterocycles. The number of rotatable bonds is 4. The Bertz CT molecular complexity index is 886. The average molecular weight is 311 g/mol. The second-order valence-corrected chi connectivity index (χ2v) is 4.69. The first kappa shape index (κ1) is 14.4. The van der Waals surface area contributed by atoms with Gasteiger partial charge in [-0.2, -0.15) is 0 Å². The van der Waals surface area contributed by atoms with E-state index in [4.69, 9.17) is 0 Å². The van der Waals surface area contributed by atoms with Crippen LogP contribution in [0.5, 0.6) is 0 Å². The smallest absolute Gasteiger partial charge is 0.274 e. The molecule has 0 atom stereocenters. The van der Waals surface area contributed by atoms with E-state index in [0.717, 1.165) is 5.69 Å². The molecule has 9 nitrogen and oxygen atoms in total. The maximum Gasteiger partial charge on any atom is 0.274 e. The zero-order chi connectivity index (χ0) is 16.2. The van der Waals surface area contributed by atoms with Gasteiger partial charge in [-0.3, -0.25) is 25.4 Å². The molecule has 0 spiro atoms. The number of hydrogen-bond acceptors (Lipinski definition) is 6. The molecule has 2 heterocycles. The quantitative estimate of drug-likeness (QED) is 0.601. The Labute approximate surface area is 130 Å². The summed E-state index contributed by atoms with van der Waals surface area (Å²) in [7, 11) is 0. The molecule has 9 heteroatoms. The molecule has 0 aliphatic rings. The van der Waals surface area contributed by atoms with Gasteiger partial charge >= 0.3 is 0 Å². The number of imidazole rings is 1. The molecule has 23 heavy (non-hydrogen) atoms. The summed E-state index contributed by atoms with van der Waals surface area (Å²) in [5.41, 5.74) is 6.08. The monoisotopic (exact) mass is 311 g/mol. The van der Waals surface area contributed by atoms with Crippen molar-refractivity contribution in [2.45, 2.75) is 6.92 Å². The number of H-pyrrole nitrogens is 1. The highest BCUT2D eigenvalue weighted by molar-refractivity contribution is 5.95. The lowest BCUT2D eigenvalue weighted by molar-refractivity contribution is 0.0962. The van der Waals surface area contributed by atoms with Crippen LogP contribution in [-0.4, -0.2) is 30.6 Å². The molecular formula is C14H13N7O2. The third-order valence-corrected chi connectivity index (χ3v) is 3.07. The maximum atomic E-state index is 12.2. The van der Waals surface area contributed by atoms with Crippen molar-refractivity contribution in [3.8, 4) is 5.69 Å². The van der Waals surface area contributed by atoms with Crippen LogP contribution in [0.3, 0.4) is 0 Å². The maximum absolute atomic E-state index is 12.2. The van der Waals surface area contributed by atoms with Gasteiger partial charge in [-0.1, -0.05) is 6.07 Å². The van der Waals surface area contributed by atoms with Crippen molar-refractivity contribution in [3.05, 3.63) is 64.6 Å². The van der Waals surface area contributed by atoms with Gasteiger partial charge < -0.3 is 4.57 Å². The SMILES string of the molecule is Cc1nnc(NNC(=O)c2cccc(-n3ccnc3)c2)[nH]c1=O.